The summed E-state index contributed by atoms with van der Waals surface area (Å²) in [6, 6.07) is 6.15. The van der Waals surface area contributed by atoms with Crippen LogP contribution in [0.1, 0.15) is 25.8 Å². The normalized spacial score (nSPS) is 12.4. The minimum absolute atomic E-state index is 0.184. The topological polar surface area (TPSA) is 78.4 Å². The fourth-order valence-electron chi connectivity index (χ4n) is 1.72. The number of rotatable bonds is 6. The monoisotopic (exact) mass is 354 g/mol. The lowest BCUT2D eigenvalue weighted by Crippen LogP contribution is -2.45. The molecule has 5 nitrogen and oxygen atoms in total. The predicted molar refractivity (Wildman–Crippen MR) is 85.7 cm³/mol. The van der Waals surface area contributed by atoms with Crippen LogP contribution >= 0.6 is 15.9 Å². The van der Waals surface area contributed by atoms with E-state index in [1.165, 1.54) is 6.20 Å². The molecule has 114 valence electrons. The zero-order valence-electron chi connectivity index (χ0n) is 12.0. The second-order valence-corrected chi connectivity index (χ2v) is 5.94. The Hall–Kier alpha value is -1.82. The molecule has 0 radical (unpaired) electrons. The number of carboxylic acids is 1. The van der Waals surface area contributed by atoms with Crippen molar-refractivity contribution < 1.29 is 14.7 Å². The quantitative estimate of drug-likeness (QED) is 0.733. The summed E-state index contributed by atoms with van der Waals surface area (Å²) >= 11 is 3.36. The Balaban J connectivity index is 2.51. The Bertz CT molecular complexity index is 529. The molecule has 0 heterocycles. The molecule has 1 atom stereocenters. The molecule has 0 saturated carbocycles. The summed E-state index contributed by atoms with van der Waals surface area (Å²) in [5, 5.41) is 14.0. The molecule has 21 heavy (non-hydrogen) atoms. The molecule has 0 aromatic heterocycles. The van der Waals surface area contributed by atoms with Crippen LogP contribution in [0, 0.1) is 5.92 Å². The van der Waals surface area contributed by atoms with Crippen molar-refractivity contribution in [2.45, 2.75) is 26.3 Å². The van der Waals surface area contributed by atoms with E-state index in [1.54, 1.807) is 6.08 Å². The van der Waals surface area contributed by atoms with Gasteiger partial charge in [0.25, 0.3) is 0 Å². The highest BCUT2D eigenvalue weighted by atomic mass is 79.9. The molecule has 3 N–H and O–H groups in total. The summed E-state index contributed by atoms with van der Waals surface area (Å²) < 4.78 is 0.942. The summed E-state index contributed by atoms with van der Waals surface area (Å²) in [6.45, 7) is 3.81. The van der Waals surface area contributed by atoms with E-state index in [2.05, 4.69) is 26.6 Å². The van der Waals surface area contributed by atoms with Crippen LogP contribution in [-0.2, 0) is 4.79 Å². The number of amides is 2. The molecule has 1 rings (SSSR count). The van der Waals surface area contributed by atoms with Gasteiger partial charge in [0.1, 0.15) is 6.04 Å². The first-order valence-corrected chi connectivity index (χ1v) is 7.39. The van der Waals surface area contributed by atoms with E-state index in [0.29, 0.717) is 6.42 Å². The zero-order chi connectivity index (χ0) is 15.8. The third kappa shape index (κ3) is 6.94. The molecule has 6 heteroatoms. The highest BCUT2D eigenvalue weighted by molar-refractivity contribution is 9.10. The lowest BCUT2D eigenvalue weighted by Gasteiger charge is -2.15. The summed E-state index contributed by atoms with van der Waals surface area (Å²) in [4.78, 5) is 22.7. The van der Waals surface area contributed by atoms with Crippen LogP contribution in [-0.4, -0.2) is 23.1 Å². The molecule has 1 unspecified atom stereocenters. The SMILES string of the molecule is CC(C)CC(NC(=O)N/C=C/c1cccc(Br)c1)C(=O)O. The van der Waals surface area contributed by atoms with Gasteiger partial charge in [-0.1, -0.05) is 41.9 Å². The molecule has 0 bridgehead atoms. The number of halogens is 1. The van der Waals surface area contributed by atoms with Crippen molar-refractivity contribution in [3.63, 3.8) is 0 Å². The Morgan fingerprint density at radius 2 is 2.10 bits per heavy atom. The Morgan fingerprint density at radius 1 is 1.38 bits per heavy atom. The predicted octanol–water partition coefficient (Wildman–Crippen LogP) is 3.22. The lowest BCUT2D eigenvalue weighted by atomic mass is 10.0. The fraction of sp³-hybridized carbons (Fsp3) is 0.333. The summed E-state index contributed by atoms with van der Waals surface area (Å²) in [6.07, 6.45) is 3.59. The first kappa shape index (κ1) is 17.2. The van der Waals surface area contributed by atoms with Crippen molar-refractivity contribution >= 4 is 34.0 Å². The summed E-state index contributed by atoms with van der Waals surface area (Å²) in [5.41, 5.74) is 0.918. The van der Waals surface area contributed by atoms with Gasteiger partial charge in [-0.3, -0.25) is 0 Å². The van der Waals surface area contributed by atoms with Gasteiger partial charge in [0.15, 0.2) is 0 Å². The zero-order valence-corrected chi connectivity index (χ0v) is 13.6. The van der Waals surface area contributed by atoms with Crippen LogP contribution in [0.4, 0.5) is 4.79 Å². The van der Waals surface area contributed by atoms with E-state index in [9.17, 15) is 9.59 Å². The van der Waals surface area contributed by atoms with E-state index < -0.39 is 18.0 Å². The van der Waals surface area contributed by atoms with Crippen molar-refractivity contribution in [2.75, 3.05) is 0 Å². The van der Waals surface area contributed by atoms with E-state index in [1.807, 2.05) is 38.1 Å². The first-order valence-electron chi connectivity index (χ1n) is 6.60. The average molecular weight is 355 g/mol. The minimum Gasteiger partial charge on any atom is -0.480 e. The number of urea groups is 1. The number of carboxylic acid groups (broad SMARTS) is 1. The molecule has 0 saturated heterocycles. The van der Waals surface area contributed by atoms with Crippen molar-refractivity contribution in [3.8, 4) is 0 Å². The second kappa shape index (κ2) is 8.46. The highest BCUT2D eigenvalue weighted by Crippen LogP contribution is 2.12. The number of hydrogen-bond acceptors (Lipinski definition) is 2. The van der Waals surface area contributed by atoms with Crippen molar-refractivity contribution in [1.82, 2.24) is 10.6 Å². The van der Waals surface area contributed by atoms with E-state index in [-0.39, 0.29) is 5.92 Å². The summed E-state index contributed by atoms with van der Waals surface area (Å²) in [5.74, 6) is -0.849. The van der Waals surface area contributed by atoms with Gasteiger partial charge in [0, 0.05) is 10.7 Å². The maximum absolute atomic E-state index is 11.7. The maximum atomic E-state index is 11.7. The lowest BCUT2D eigenvalue weighted by molar-refractivity contribution is -0.139. The molecule has 1 aromatic rings. The standard InChI is InChI=1S/C15H19BrN2O3/c1-10(2)8-13(14(19)20)18-15(21)17-7-6-11-4-3-5-12(16)9-11/h3-7,9-10,13H,8H2,1-2H3,(H,19,20)(H2,17,18,21)/b7-6+. The number of carbonyl (C=O) groups is 2. The van der Waals surface area contributed by atoms with Crippen LogP contribution in [0.15, 0.2) is 34.9 Å². The molecule has 0 aliphatic rings. The van der Waals surface area contributed by atoms with Crippen LogP contribution < -0.4 is 10.6 Å². The average Bonchev–Trinajstić information content (AvgIpc) is 2.37. The number of benzene rings is 1. The van der Waals surface area contributed by atoms with Crippen molar-refractivity contribution in [1.29, 1.82) is 0 Å². The Labute approximate surface area is 132 Å². The van der Waals surface area contributed by atoms with Gasteiger partial charge >= 0.3 is 12.0 Å². The molecule has 2 amide bonds. The van der Waals surface area contributed by atoms with Crippen LogP contribution in [0.25, 0.3) is 6.08 Å². The van der Waals surface area contributed by atoms with Gasteiger partial charge in [-0.2, -0.15) is 0 Å². The molecule has 0 aliphatic carbocycles. The maximum Gasteiger partial charge on any atom is 0.326 e. The second-order valence-electron chi connectivity index (χ2n) is 5.03. The fourth-order valence-corrected chi connectivity index (χ4v) is 2.13. The summed E-state index contributed by atoms with van der Waals surface area (Å²) in [7, 11) is 0. The van der Waals surface area contributed by atoms with E-state index >= 15 is 0 Å². The van der Waals surface area contributed by atoms with Gasteiger partial charge in [-0.15, -0.1) is 0 Å². The van der Waals surface area contributed by atoms with Crippen molar-refractivity contribution in [3.05, 3.63) is 40.5 Å². The van der Waals surface area contributed by atoms with Gasteiger partial charge in [-0.25, -0.2) is 9.59 Å². The van der Waals surface area contributed by atoms with Gasteiger partial charge < -0.3 is 15.7 Å². The van der Waals surface area contributed by atoms with Gasteiger partial charge in [0.05, 0.1) is 0 Å². The van der Waals surface area contributed by atoms with E-state index in [0.717, 1.165) is 10.0 Å². The Kier molecular flexibility index (Phi) is 6.94. The molecular weight excluding hydrogens is 336 g/mol. The van der Waals surface area contributed by atoms with Crippen LogP contribution in [0.2, 0.25) is 0 Å². The van der Waals surface area contributed by atoms with Gasteiger partial charge in [0.2, 0.25) is 0 Å². The van der Waals surface area contributed by atoms with Gasteiger partial charge in [-0.05, 0) is 36.1 Å². The molecule has 1 aromatic carbocycles. The molecular formula is C15H19BrN2O3. The largest absolute Gasteiger partial charge is 0.480 e. The number of carbonyl (C=O) groups excluding carboxylic acids is 1. The van der Waals surface area contributed by atoms with Crippen molar-refractivity contribution in [2.24, 2.45) is 5.92 Å². The van der Waals surface area contributed by atoms with Crippen LogP contribution in [0.3, 0.4) is 0 Å². The van der Waals surface area contributed by atoms with E-state index in [4.69, 9.17) is 5.11 Å². The smallest absolute Gasteiger partial charge is 0.326 e. The number of nitrogens with one attached hydrogen (secondary N) is 2. The Morgan fingerprint density at radius 3 is 2.67 bits per heavy atom. The minimum atomic E-state index is -1.03. The third-order valence-corrected chi connectivity index (χ3v) is 3.14. The molecule has 0 aliphatic heterocycles. The molecule has 0 spiro atoms. The molecule has 0 fully saturated rings. The number of aliphatic carboxylic acids is 1. The van der Waals surface area contributed by atoms with Crippen LogP contribution in [0.5, 0.6) is 0 Å². The third-order valence-electron chi connectivity index (χ3n) is 2.65. The number of hydrogen-bond donors (Lipinski definition) is 3. The first-order chi connectivity index (χ1) is 9.88. The highest BCUT2D eigenvalue weighted by Gasteiger charge is 2.20.